The Morgan fingerprint density at radius 2 is 1.75 bits per heavy atom. The summed E-state index contributed by atoms with van der Waals surface area (Å²) in [4.78, 5) is 0. The molecule has 0 saturated heterocycles. The summed E-state index contributed by atoms with van der Waals surface area (Å²) in [6, 6.07) is 10.0. The second kappa shape index (κ2) is 5.13. The van der Waals surface area contributed by atoms with Gasteiger partial charge in [0.15, 0.2) is 6.20 Å². The van der Waals surface area contributed by atoms with Crippen molar-refractivity contribution < 1.29 is 17.8 Å². The topological polar surface area (TPSA) is 17.0 Å². The van der Waals surface area contributed by atoms with Gasteiger partial charge < -0.3 is 4.42 Å². The van der Waals surface area contributed by atoms with Crippen LogP contribution in [0.15, 0.2) is 47.0 Å². The number of pyridine rings is 1. The van der Waals surface area contributed by atoms with Crippen molar-refractivity contribution in [2.24, 2.45) is 7.05 Å². The van der Waals surface area contributed by atoms with Crippen LogP contribution in [0.25, 0.3) is 33.2 Å². The first-order valence-corrected chi connectivity index (χ1v) is 7.74. The number of aryl methyl sites for hydroxylation is 3. The SMILES string of the molecule is Cc1cc(C)c2c(oc3cc(F)cc(F)c32)c1-c1cccc[n+]1C. The molecule has 0 aliphatic rings. The minimum absolute atomic E-state index is 0.232. The molecule has 120 valence electrons. The maximum absolute atomic E-state index is 14.4. The largest absolute Gasteiger partial charge is 0.455 e. The summed E-state index contributed by atoms with van der Waals surface area (Å²) in [6.45, 7) is 3.92. The molecule has 0 N–H and O–H groups in total. The van der Waals surface area contributed by atoms with Crippen molar-refractivity contribution in [1.82, 2.24) is 0 Å². The van der Waals surface area contributed by atoms with Gasteiger partial charge in [-0.2, -0.15) is 0 Å². The molecule has 0 fully saturated rings. The van der Waals surface area contributed by atoms with Crippen LogP contribution in [0.5, 0.6) is 0 Å². The molecule has 0 aliphatic carbocycles. The lowest BCUT2D eigenvalue weighted by atomic mass is 9.97. The molecule has 2 heterocycles. The van der Waals surface area contributed by atoms with Gasteiger partial charge in [0, 0.05) is 29.7 Å². The van der Waals surface area contributed by atoms with Gasteiger partial charge in [0.2, 0.25) is 5.69 Å². The first-order chi connectivity index (χ1) is 11.5. The molecule has 0 bridgehead atoms. The zero-order valence-electron chi connectivity index (χ0n) is 13.7. The molecule has 0 unspecified atom stereocenters. The van der Waals surface area contributed by atoms with Gasteiger partial charge in [-0.15, -0.1) is 0 Å². The van der Waals surface area contributed by atoms with Gasteiger partial charge in [0.1, 0.15) is 29.8 Å². The molecule has 0 spiro atoms. The molecular formula is C20H16F2NO+. The molecule has 0 saturated carbocycles. The maximum Gasteiger partial charge on any atom is 0.216 e. The fraction of sp³-hybridized carbons (Fsp3) is 0.150. The molecule has 4 rings (SSSR count). The third kappa shape index (κ3) is 2.03. The monoisotopic (exact) mass is 324 g/mol. The molecule has 2 aromatic carbocycles. The zero-order valence-corrected chi connectivity index (χ0v) is 13.7. The Bertz CT molecular complexity index is 1110. The van der Waals surface area contributed by atoms with Gasteiger partial charge in [0.25, 0.3) is 0 Å². The average Bonchev–Trinajstić information content (AvgIpc) is 2.88. The van der Waals surface area contributed by atoms with Crippen molar-refractivity contribution >= 4 is 21.9 Å². The lowest BCUT2D eigenvalue weighted by Crippen LogP contribution is -2.30. The van der Waals surface area contributed by atoms with E-state index in [2.05, 4.69) is 0 Å². The first kappa shape index (κ1) is 14.8. The predicted molar refractivity (Wildman–Crippen MR) is 89.7 cm³/mol. The summed E-state index contributed by atoms with van der Waals surface area (Å²) in [5.74, 6) is -1.24. The van der Waals surface area contributed by atoms with Crippen molar-refractivity contribution in [3.05, 3.63) is 65.4 Å². The Hall–Kier alpha value is -2.75. The van der Waals surface area contributed by atoms with Gasteiger partial charge in [0.05, 0.1) is 10.9 Å². The van der Waals surface area contributed by atoms with Crippen LogP contribution in [0.2, 0.25) is 0 Å². The van der Waals surface area contributed by atoms with Crippen molar-refractivity contribution in [2.45, 2.75) is 13.8 Å². The molecule has 2 nitrogen and oxygen atoms in total. The van der Waals surface area contributed by atoms with E-state index in [0.29, 0.717) is 16.4 Å². The van der Waals surface area contributed by atoms with E-state index in [0.717, 1.165) is 28.5 Å². The van der Waals surface area contributed by atoms with E-state index in [-0.39, 0.29) is 5.58 Å². The Morgan fingerprint density at radius 3 is 2.50 bits per heavy atom. The van der Waals surface area contributed by atoms with Crippen molar-refractivity contribution in [1.29, 1.82) is 0 Å². The number of rotatable bonds is 1. The molecule has 4 aromatic rings. The quantitative estimate of drug-likeness (QED) is 0.452. The van der Waals surface area contributed by atoms with E-state index in [1.54, 1.807) is 0 Å². The molecule has 2 aromatic heterocycles. The number of aromatic nitrogens is 1. The van der Waals surface area contributed by atoms with Crippen LogP contribution in [0.4, 0.5) is 8.78 Å². The molecule has 0 amide bonds. The highest BCUT2D eigenvalue weighted by molar-refractivity contribution is 6.11. The number of nitrogens with zero attached hydrogens (tertiary/aromatic N) is 1. The number of fused-ring (bicyclic) bond motifs is 3. The number of furan rings is 1. The molecule has 0 aliphatic heterocycles. The second-order valence-corrected chi connectivity index (χ2v) is 6.15. The number of benzene rings is 2. The summed E-state index contributed by atoms with van der Waals surface area (Å²) in [7, 11) is 1.95. The summed E-state index contributed by atoms with van der Waals surface area (Å²) in [5, 5.41) is 1.04. The Balaban J connectivity index is 2.24. The van der Waals surface area contributed by atoms with Gasteiger partial charge in [-0.05, 0) is 31.0 Å². The third-order valence-electron chi connectivity index (χ3n) is 4.47. The normalized spacial score (nSPS) is 11.5. The van der Waals surface area contributed by atoms with Crippen molar-refractivity contribution in [2.75, 3.05) is 0 Å². The van der Waals surface area contributed by atoms with E-state index in [9.17, 15) is 8.78 Å². The van der Waals surface area contributed by atoms with Crippen LogP contribution in [-0.2, 0) is 7.05 Å². The van der Waals surface area contributed by atoms with E-state index in [4.69, 9.17) is 4.42 Å². The van der Waals surface area contributed by atoms with E-state index in [1.165, 1.54) is 6.07 Å². The predicted octanol–water partition coefficient (Wildman–Crippen LogP) is 4.97. The Morgan fingerprint density at radius 1 is 0.958 bits per heavy atom. The van der Waals surface area contributed by atoms with Crippen LogP contribution >= 0.6 is 0 Å². The van der Waals surface area contributed by atoms with Crippen molar-refractivity contribution in [3.63, 3.8) is 0 Å². The van der Waals surface area contributed by atoms with Crippen LogP contribution in [-0.4, -0.2) is 0 Å². The Labute approximate surface area is 138 Å². The Kier molecular flexibility index (Phi) is 3.17. The summed E-state index contributed by atoms with van der Waals surface area (Å²) >= 11 is 0. The molecular weight excluding hydrogens is 308 g/mol. The highest BCUT2D eigenvalue weighted by Crippen LogP contribution is 2.40. The number of hydrogen-bond acceptors (Lipinski definition) is 1. The maximum atomic E-state index is 14.4. The zero-order chi connectivity index (χ0) is 17.0. The summed E-state index contributed by atoms with van der Waals surface area (Å²) in [5.41, 5.74) is 4.62. The second-order valence-electron chi connectivity index (χ2n) is 6.15. The van der Waals surface area contributed by atoms with Crippen molar-refractivity contribution in [3.8, 4) is 11.3 Å². The molecule has 24 heavy (non-hydrogen) atoms. The third-order valence-corrected chi connectivity index (χ3v) is 4.47. The van der Waals surface area contributed by atoms with Crippen LogP contribution in [0.3, 0.4) is 0 Å². The number of hydrogen-bond donors (Lipinski definition) is 0. The van der Waals surface area contributed by atoms with Crippen LogP contribution in [0, 0.1) is 25.5 Å². The van der Waals surface area contributed by atoms with E-state index >= 15 is 0 Å². The van der Waals surface area contributed by atoms with Gasteiger partial charge in [-0.25, -0.2) is 13.3 Å². The molecule has 0 radical (unpaired) electrons. The lowest BCUT2D eigenvalue weighted by Gasteiger charge is -2.07. The number of halogens is 2. The first-order valence-electron chi connectivity index (χ1n) is 7.74. The molecule has 0 atom stereocenters. The van der Waals surface area contributed by atoms with Gasteiger partial charge >= 0.3 is 0 Å². The fourth-order valence-electron chi connectivity index (χ4n) is 3.45. The van der Waals surface area contributed by atoms with Crippen LogP contribution < -0.4 is 4.57 Å². The summed E-state index contributed by atoms with van der Waals surface area (Å²) in [6.07, 6.45) is 1.95. The van der Waals surface area contributed by atoms with E-state index < -0.39 is 11.6 Å². The highest BCUT2D eigenvalue weighted by atomic mass is 19.1. The van der Waals surface area contributed by atoms with E-state index in [1.807, 2.05) is 55.9 Å². The molecule has 4 heteroatoms. The van der Waals surface area contributed by atoms with Crippen LogP contribution in [0.1, 0.15) is 11.1 Å². The minimum atomic E-state index is -0.639. The standard InChI is InChI=1S/C20H16F2NO/c1-11-8-12(2)18-19-14(22)9-13(21)10-16(19)24-20(18)17(11)15-6-4-5-7-23(15)3/h4-10H,1-3H3/q+1. The minimum Gasteiger partial charge on any atom is -0.455 e. The van der Waals surface area contributed by atoms with Gasteiger partial charge in [-0.3, -0.25) is 0 Å². The highest BCUT2D eigenvalue weighted by Gasteiger charge is 2.23. The lowest BCUT2D eigenvalue weighted by molar-refractivity contribution is -0.660. The van der Waals surface area contributed by atoms with Gasteiger partial charge in [-0.1, -0.05) is 6.07 Å². The average molecular weight is 324 g/mol. The summed E-state index contributed by atoms with van der Waals surface area (Å²) < 4.78 is 35.9. The smallest absolute Gasteiger partial charge is 0.216 e. The fourth-order valence-corrected chi connectivity index (χ4v) is 3.45.